The fourth-order valence-corrected chi connectivity index (χ4v) is 0.251. The van der Waals surface area contributed by atoms with Gasteiger partial charge in [-0.1, -0.05) is 0 Å². The number of methoxy groups -OCH3 is 1. The van der Waals surface area contributed by atoms with Crippen molar-refractivity contribution >= 4 is 18.6 Å². The average Bonchev–Trinajstić information content (AvgIpc) is 1.68. The van der Waals surface area contributed by atoms with Crippen molar-refractivity contribution in [2.24, 2.45) is 0 Å². The highest BCUT2D eigenvalue weighted by atomic mass is 32.1. The highest BCUT2D eigenvalue weighted by Gasteiger charge is 1.84. The van der Waals surface area contributed by atoms with Crippen LogP contribution in [0.15, 0.2) is 11.5 Å². The van der Waals surface area contributed by atoms with E-state index in [0.29, 0.717) is 0 Å². The van der Waals surface area contributed by atoms with E-state index < -0.39 is 0 Å². The molecule has 0 aromatic carbocycles. The Morgan fingerprint density at radius 3 is 2.57 bits per heavy atom. The number of carbonyl (C=O) groups is 1. The molecule has 0 N–H and O–H groups in total. The first-order valence-electron chi connectivity index (χ1n) is 1.70. The third kappa shape index (κ3) is 3.39. The van der Waals surface area contributed by atoms with Crippen LogP contribution in [-0.2, 0) is 9.53 Å². The molecule has 0 amide bonds. The first-order chi connectivity index (χ1) is 3.31. The molecule has 0 aromatic heterocycles. The molecule has 0 saturated carbocycles. The van der Waals surface area contributed by atoms with Crippen molar-refractivity contribution in [1.82, 2.24) is 0 Å². The summed E-state index contributed by atoms with van der Waals surface area (Å²) in [5, 5.41) is 1.33. The van der Waals surface area contributed by atoms with Gasteiger partial charge >= 0.3 is 5.97 Å². The Morgan fingerprint density at radius 1 is 1.86 bits per heavy atom. The van der Waals surface area contributed by atoms with Gasteiger partial charge in [0.15, 0.2) is 0 Å². The van der Waals surface area contributed by atoms with Crippen molar-refractivity contribution in [2.75, 3.05) is 7.11 Å². The third-order valence-electron chi connectivity index (χ3n) is 0.412. The van der Waals surface area contributed by atoms with E-state index in [2.05, 4.69) is 17.4 Å². The number of hydrogen-bond donors (Lipinski definition) is 1. The molecule has 0 aliphatic carbocycles. The zero-order chi connectivity index (χ0) is 5.70. The molecule has 0 unspecified atom stereocenters. The number of thiol groups is 1. The lowest BCUT2D eigenvalue weighted by Gasteiger charge is -1.84. The van der Waals surface area contributed by atoms with E-state index in [1.165, 1.54) is 18.6 Å². The largest absolute Gasteiger partial charge is 0.466 e. The lowest BCUT2D eigenvalue weighted by molar-refractivity contribution is -0.134. The Bertz CT molecular complexity index is 87.7. The summed E-state index contributed by atoms with van der Waals surface area (Å²) >= 11 is 3.63. The molecular weight excluding hydrogens is 112 g/mol. The zero-order valence-corrected chi connectivity index (χ0v) is 4.81. The second-order valence-electron chi connectivity index (χ2n) is 0.839. The Morgan fingerprint density at radius 2 is 2.43 bits per heavy atom. The Kier molecular flexibility index (Phi) is 3.50. The molecule has 0 fully saturated rings. The van der Waals surface area contributed by atoms with Gasteiger partial charge in [-0.15, -0.1) is 0 Å². The minimum atomic E-state index is -0.380. The molecule has 40 valence electrons. The van der Waals surface area contributed by atoms with Crippen molar-refractivity contribution in [1.29, 1.82) is 0 Å². The predicted octanol–water partition coefficient (Wildman–Crippen LogP) is 0.603. The molecule has 0 aliphatic heterocycles. The Hall–Kier alpha value is -0.440. The zero-order valence-electron chi connectivity index (χ0n) is 3.92. The predicted molar refractivity (Wildman–Crippen MR) is 30.1 cm³/mol. The summed E-state index contributed by atoms with van der Waals surface area (Å²) in [6, 6.07) is 0. The molecule has 0 radical (unpaired) electrons. The lowest BCUT2D eigenvalue weighted by Crippen LogP contribution is -1.92. The van der Waals surface area contributed by atoms with Crippen LogP contribution in [0.4, 0.5) is 0 Å². The van der Waals surface area contributed by atoms with Crippen LogP contribution >= 0.6 is 12.6 Å². The van der Waals surface area contributed by atoms with Crippen LogP contribution < -0.4 is 0 Å². The first-order valence-corrected chi connectivity index (χ1v) is 2.21. The summed E-state index contributed by atoms with van der Waals surface area (Å²) in [4.78, 5) is 10.1. The molecule has 0 aliphatic rings. The van der Waals surface area contributed by atoms with Crippen LogP contribution in [0.5, 0.6) is 0 Å². The molecule has 2 nitrogen and oxygen atoms in total. The van der Waals surface area contributed by atoms with Gasteiger partial charge in [0.25, 0.3) is 0 Å². The van der Waals surface area contributed by atoms with Gasteiger partial charge in [-0.2, -0.15) is 12.6 Å². The second-order valence-corrected chi connectivity index (χ2v) is 1.14. The minimum Gasteiger partial charge on any atom is -0.466 e. The molecule has 0 aromatic rings. The highest BCUT2D eigenvalue weighted by molar-refractivity contribution is 7.83. The number of carbonyl (C=O) groups excluding carboxylic acids is 1. The maximum absolute atomic E-state index is 10.1. The van der Waals surface area contributed by atoms with E-state index in [-0.39, 0.29) is 5.97 Å². The first kappa shape index (κ1) is 6.56. The quantitative estimate of drug-likeness (QED) is 0.310. The molecule has 0 atom stereocenters. The van der Waals surface area contributed by atoms with Gasteiger partial charge in [0.05, 0.1) is 7.11 Å². The average molecular weight is 118 g/mol. The number of ether oxygens (including phenoxy) is 1. The second kappa shape index (κ2) is 3.74. The monoisotopic (exact) mass is 118 g/mol. The van der Waals surface area contributed by atoms with Crippen LogP contribution in [0.25, 0.3) is 0 Å². The summed E-state index contributed by atoms with van der Waals surface area (Å²) in [6.07, 6.45) is 1.23. The molecule has 3 heteroatoms. The van der Waals surface area contributed by atoms with Crippen molar-refractivity contribution < 1.29 is 9.53 Å². The van der Waals surface area contributed by atoms with Crippen molar-refractivity contribution in [2.45, 2.75) is 0 Å². The van der Waals surface area contributed by atoms with Crippen molar-refractivity contribution in [3.05, 3.63) is 11.5 Å². The maximum Gasteiger partial charge on any atom is 0.330 e. The van der Waals surface area contributed by atoms with E-state index in [1.54, 1.807) is 0 Å². The number of hydrogen-bond acceptors (Lipinski definition) is 3. The summed E-state index contributed by atoms with van der Waals surface area (Å²) in [5.74, 6) is -0.380. The van der Waals surface area contributed by atoms with E-state index in [4.69, 9.17) is 0 Å². The normalized spacial score (nSPS) is 9.43. The van der Waals surface area contributed by atoms with Gasteiger partial charge in [-0.25, -0.2) is 4.79 Å². The number of rotatable bonds is 1. The van der Waals surface area contributed by atoms with Gasteiger partial charge in [0.2, 0.25) is 0 Å². The summed E-state index contributed by atoms with van der Waals surface area (Å²) in [7, 11) is 1.32. The molecule has 0 bridgehead atoms. The standard InChI is InChI=1S/C4H6O2S/c1-6-4(5)2-3-7/h2-3,7H,1H3/b3-2+. The summed E-state index contributed by atoms with van der Waals surface area (Å²) < 4.78 is 4.22. The van der Waals surface area contributed by atoms with E-state index in [9.17, 15) is 4.79 Å². The SMILES string of the molecule is COC(=O)/C=C/S. The van der Waals surface area contributed by atoms with E-state index in [0.717, 1.165) is 0 Å². The fourth-order valence-electron chi connectivity index (χ4n) is 0.129. The van der Waals surface area contributed by atoms with Crippen LogP contribution in [0.3, 0.4) is 0 Å². The molecule has 0 rings (SSSR count). The molecular formula is C4H6O2S. The minimum absolute atomic E-state index is 0.380. The van der Waals surface area contributed by atoms with Crippen LogP contribution in [-0.4, -0.2) is 13.1 Å². The smallest absolute Gasteiger partial charge is 0.330 e. The van der Waals surface area contributed by atoms with Crippen LogP contribution in [0.1, 0.15) is 0 Å². The summed E-state index contributed by atoms with van der Waals surface area (Å²) in [6.45, 7) is 0. The molecule has 0 saturated heterocycles. The van der Waals surface area contributed by atoms with Gasteiger partial charge in [0, 0.05) is 6.08 Å². The fraction of sp³-hybridized carbons (Fsp3) is 0.250. The lowest BCUT2D eigenvalue weighted by atomic mass is 10.7. The Balaban J connectivity index is 3.37. The van der Waals surface area contributed by atoms with Gasteiger partial charge in [0.1, 0.15) is 0 Å². The third-order valence-corrected chi connectivity index (χ3v) is 0.561. The van der Waals surface area contributed by atoms with E-state index >= 15 is 0 Å². The van der Waals surface area contributed by atoms with Gasteiger partial charge < -0.3 is 4.74 Å². The van der Waals surface area contributed by atoms with E-state index in [1.807, 2.05) is 0 Å². The van der Waals surface area contributed by atoms with Crippen molar-refractivity contribution in [3.8, 4) is 0 Å². The van der Waals surface area contributed by atoms with Gasteiger partial charge in [-0.3, -0.25) is 0 Å². The summed E-state index contributed by atoms with van der Waals surface area (Å²) in [5.41, 5.74) is 0. The van der Waals surface area contributed by atoms with Crippen LogP contribution in [0, 0.1) is 0 Å². The molecule has 7 heavy (non-hydrogen) atoms. The maximum atomic E-state index is 10.1. The Labute approximate surface area is 47.6 Å². The molecule has 0 spiro atoms. The number of esters is 1. The van der Waals surface area contributed by atoms with Gasteiger partial charge in [-0.05, 0) is 5.41 Å². The van der Waals surface area contributed by atoms with Crippen molar-refractivity contribution in [3.63, 3.8) is 0 Å². The topological polar surface area (TPSA) is 26.3 Å². The molecule has 0 heterocycles. The van der Waals surface area contributed by atoms with Crippen LogP contribution in [0.2, 0.25) is 0 Å². The highest BCUT2D eigenvalue weighted by Crippen LogP contribution is 1.78.